The van der Waals surface area contributed by atoms with Crippen molar-refractivity contribution in [1.29, 1.82) is 5.41 Å². The summed E-state index contributed by atoms with van der Waals surface area (Å²) in [5, 5.41) is 7.45. The number of amidine groups is 1. The second-order valence-corrected chi connectivity index (χ2v) is 10.1. The molecule has 0 aliphatic heterocycles. The highest BCUT2D eigenvalue weighted by atomic mass is 16.5. The van der Waals surface area contributed by atoms with Gasteiger partial charge in [-0.3, -0.25) is 19.8 Å². The van der Waals surface area contributed by atoms with Crippen molar-refractivity contribution in [3.05, 3.63) is 70.8 Å². The molecule has 0 saturated heterocycles. The first-order valence-corrected chi connectivity index (χ1v) is 14.0. The molecule has 2 aromatic rings. The van der Waals surface area contributed by atoms with E-state index in [1.54, 1.807) is 80.3 Å². The van der Waals surface area contributed by atoms with Crippen LogP contribution in [0, 0.1) is 11.3 Å². The van der Waals surface area contributed by atoms with Crippen LogP contribution in [0.25, 0.3) is 6.08 Å². The molecule has 0 aliphatic rings. The van der Waals surface area contributed by atoms with Gasteiger partial charge in [0.25, 0.3) is 0 Å². The van der Waals surface area contributed by atoms with Crippen molar-refractivity contribution in [2.45, 2.75) is 59.9 Å². The van der Waals surface area contributed by atoms with Crippen molar-refractivity contribution in [2.24, 2.45) is 11.7 Å². The lowest BCUT2D eigenvalue weighted by Crippen LogP contribution is -2.44. The van der Waals surface area contributed by atoms with Gasteiger partial charge in [-0.15, -0.1) is 0 Å². The zero-order valence-electron chi connectivity index (χ0n) is 25.0. The zero-order chi connectivity index (χ0) is 31.2. The quantitative estimate of drug-likeness (QED) is 0.101. The molecule has 42 heavy (non-hydrogen) atoms. The Morgan fingerprint density at radius 3 is 1.88 bits per heavy atom. The van der Waals surface area contributed by atoms with Gasteiger partial charge in [0.15, 0.2) is 0 Å². The van der Waals surface area contributed by atoms with Crippen LogP contribution in [0.4, 0.5) is 0 Å². The van der Waals surface area contributed by atoms with E-state index < -0.39 is 23.9 Å². The molecule has 0 atom stereocenters. The number of nitrogens with zero attached hydrogens (tertiary/aromatic N) is 1. The van der Waals surface area contributed by atoms with Gasteiger partial charge in [-0.25, -0.2) is 4.79 Å². The monoisotopic (exact) mass is 579 g/mol. The fourth-order valence-corrected chi connectivity index (χ4v) is 4.09. The van der Waals surface area contributed by atoms with Crippen molar-refractivity contribution in [2.75, 3.05) is 19.8 Å². The molecule has 0 radical (unpaired) electrons. The highest BCUT2D eigenvalue weighted by molar-refractivity contribution is 5.98. The first kappa shape index (κ1) is 33.7. The summed E-state index contributed by atoms with van der Waals surface area (Å²) in [6.07, 6.45) is 2.11. The lowest BCUT2D eigenvalue weighted by atomic mass is 10.0. The summed E-state index contributed by atoms with van der Waals surface area (Å²) < 4.78 is 15.6. The third-order valence-electron chi connectivity index (χ3n) is 6.31. The predicted octanol–water partition coefficient (Wildman–Crippen LogP) is 4.74. The predicted molar refractivity (Wildman–Crippen MR) is 160 cm³/mol. The van der Waals surface area contributed by atoms with Crippen molar-refractivity contribution >= 4 is 35.7 Å². The van der Waals surface area contributed by atoms with E-state index in [4.69, 9.17) is 25.4 Å². The van der Waals surface area contributed by atoms with E-state index >= 15 is 0 Å². The smallest absolute Gasteiger partial charge is 0.343 e. The number of rotatable bonds is 15. The minimum absolute atomic E-state index is 0.0816. The lowest BCUT2D eigenvalue weighted by molar-refractivity contribution is -0.148. The van der Waals surface area contributed by atoms with Gasteiger partial charge in [0.1, 0.15) is 11.6 Å². The Labute approximate surface area is 247 Å². The van der Waals surface area contributed by atoms with Gasteiger partial charge in [0.05, 0.1) is 37.7 Å². The number of hydrogen-bond acceptors (Lipinski definition) is 8. The Balaban J connectivity index is 2.24. The van der Waals surface area contributed by atoms with Crippen LogP contribution in [0.15, 0.2) is 54.1 Å². The molecule has 10 heteroatoms. The van der Waals surface area contributed by atoms with Crippen molar-refractivity contribution in [3.63, 3.8) is 0 Å². The molecule has 0 heterocycles. The third-order valence-corrected chi connectivity index (χ3v) is 6.31. The molecule has 0 spiro atoms. The highest BCUT2D eigenvalue weighted by Crippen LogP contribution is 2.20. The number of amides is 1. The molecular weight excluding hydrogens is 538 g/mol. The molecule has 0 aromatic heterocycles. The average Bonchev–Trinajstić information content (AvgIpc) is 2.93. The van der Waals surface area contributed by atoms with E-state index in [-0.39, 0.29) is 43.7 Å². The van der Waals surface area contributed by atoms with E-state index in [0.29, 0.717) is 41.0 Å². The molecule has 0 saturated carbocycles. The third kappa shape index (κ3) is 10.8. The number of nitrogens with two attached hydrogens (primary N) is 1. The van der Waals surface area contributed by atoms with Crippen LogP contribution < -0.4 is 10.5 Å². The maximum Gasteiger partial charge on any atom is 0.343 e. The largest absolute Gasteiger partial charge is 0.466 e. The van der Waals surface area contributed by atoms with E-state index in [2.05, 4.69) is 0 Å². The molecule has 226 valence electrons. The number of hydrogen-bond donors (Lipinski definition) is 2. The fourth-order valence-electron chi connectivity index (χ4n) is 4.09. The van der Waals surface area contributed by atoms with Crippen molar-refractivity contribution in [1.82, 2.24) is 4.90 Å². The van der Waals surface area contributed by atoms with Crippen LogP contribution in [0.2, 0.25) is 0 Å². The molecule has 0 fully saturated rings. The number of ether oxygens (including phenoxy) is 3. The number of nitrogens with one attached hydrogen (secondary N) is 1. The van der Waals surface area contributed by atoms with E-state index in [1.807, 2.05) is 13.8 Å². The van der Waals surface area contributed by atoms with Crippen LogP contribution >= 0.6 is 0 Å². The molecule has 0 bridgehead atoms. The second kappa shape index (κ2) is 16.7. The average molecular weight is 580 g/mol. The minimum atomic E-state index is -0.723. The van der Waals surface area contributed by atoms with Crippen LogP contribution in [-0.4, -0.2) is 60.4 Å². The van der Waals surface area contributed by atoms with Crippen LogP contribution in [0.5, 0.6) is 5.75 Å². The lowest BCUT2D eigenvalue weighted by Gasteiger charge is -2.32. The Morgan fingerprint density at radius 1 is 0.881 bits per heavy atom. The van der Waals surface area contributed by atoms with Crippen LogP contribution in [-0.2, 0) is 23.9 Å². The normalized spacial score (nSPS) is 11.3. The molecule has 0 aliphatic carbocycles. The molecule has 2 aromatic carbocycles. The summed E-state index contributed by atoms with van der Waals surface area (Å²) in [5.41, 5.74) is 7.37. The Bertz CT molecular complexity index is 1250. The number of nitrogen functional groups attached to an aromatic ring is 1. The summed E-state index contributed by atoms with van der Waals surface area (Å²) >= 11 is 0. The number of carbonyl (C=O) groups is 4. The summed E-state index contributed by atoms with van der Waals surface area (Å²) in [6.45, 7) is 9.87. The van der Waals surface area contributed by atoms with Gasteiger partial charge in [-0.2, -0.15) is 0 Å². The summed E-state index contributed by atoms with van der Waals surface area (Å²) in [5.74, 6) is -1.34. The Kier molecular flexibility index (Phi) is 13.4. The van der Waals surface area contributed by atoms with E-state index in [1.165, 1.54) is 0 Å². The summed E-state index contributed by atoms with van der Waals surface area (Å²) in [4.78, 5) is 52.6. The van der Waals surface area contributed by atoms with Crippen LogP contribution in [0.3, 0.4) is 0 Å². The Morgan fingerprint density at radius 2 is 1.40 bits per heavy atom. The van der Waals surface area contributed by atoms with Crippen molar-refractivity contribution in [3.8, 4) is 5.75 Å². The second-order valence-electron chi connectivity index (χ2n) is 10.1. The maximum absolute atomic E-state index is 13.7. The zero-order valence-corrected chi connectivity index (χ0v) is 25.0. The molecular formula is C32H41N3O7. The first-order chi connectivity index (χ1) is 19.9. The summed E-state index contributed by atoms with van der Waals surface area (Å²) in [7, 11) is 0. The van der Waals surface area contributed by atoms with Gasteiger partial charge >= 0.3 is 17.9 Å². The molecule has 1 amide bonds. The molecule has 0 unspecified atom stereocenters. The molecule has 3 N–H and O–H groups in total. The van der Waals surface area contributed by atoms with Crippen LogP contribution in [0.1, 0.15) is 75.4 Å². The van der Waals surface area contributed by atoms with E-state index in [0.717, 1.165) is 0 Å². The number of benzene rings is 2. The highest BCUT2D eigenvalue weighted by Gasteiger charge is 2.30. The SMILES string of the molecule is CCOC(=O)CC(CC(=O)OCC)N(CCC(C)C)C(=O)C(C)=Cc1ccc(C(=O)Oc2ccc(C(=N)N)cc2)cc1. The number of carbonyl (C=O) groups excluding carboxylic acids is 4. The molecule has 2 rings (SSSR count). The summed E-state index contributed by atoms with van der Waals surface area (Å²) in [6, 6.07) is 12.2. The molecule has 10 nitrogen and oxygen atoms in total. The van der Waals surface area contributed by atoms with Gasteiger partial charge in [0.2, 0.25) is 5.91 Å². The Hall–Kier alpha value is -4.47. The minimum Gasteiger partial charge on any atom is -0.466 e. The van der Waals surface area contributed by atoms with Gasteiger partial charge in [0, 0.05) is 17.7 Å². The first-order valence-electron chi connectivity index (χ1n) is 14.0. The van der Waals surface area contributed by atoms with E-state index in [9.17, 15) is 19.2 Å². The van der Waals surface area contributed by atoms with Gasteiger partial charge in [-0.1, -0.05) is 26.0 Å². The fraction of sp³-hybridized carbons (Fsp3) is 0.406. The van der Waals surface area contributed by atoms with Gasteiger partial charge < -0.3 is 24.8 Å². The topological polar surface area (TPSA) is 149 Å². The van der Waals surface area contributed by atoms with Crippen molar-refractivity contribution < 1.29 is 33.4 Å². The number of esters is 3. The standard InChI is InChI=1S/C32H41N3O7/c1-6-40-28(36)19-26(20-29(37)41-7-2)35(17-16-21(3)4)31(38)22(5)18-23-8-10-25(11-9-23)32(39)42-27-14-12-24(13-15-27)30(33)34/h8-15,18,21,26H,6-7,16-17,19-20H2,1-5H3,(H3,33,34). The van der Waals surface area contributed by atoms with Gasteiger partial charge in [-0.05, 0) is 81.1 Å². The maximum atomic E-state index is 13.7.